The quantitative estimate of drug-likeness (QED) is 0.166. The summed E-state index contributed by atoms with van der Waals surface area (Å²) in [6.07, 6.45) is 5.23. The zero-order valence-electron chi connectivity index (χ0n) is 26.3. The van der Waals surface area contributed by atoms with Gasteiger partial charge >= 0.3 is 0 Å². The molecule has 0 unspecified atom stereocenters. The third-order valence-electron chi connectivity index (χ3n) is 8.49. The fourth-order valence-electron chi connectivity index (χ4n) is 5.86. The zero-order valence-corrected chi connectivity index (χ0v) is 28.6. The van der Waals surface area contributed by atoms with Crippen LogP contribution in [0.4, 0.5) is 5.69 Å². The zero-order chi connectivity index (χ0) is 33.4. The highest BCUT2D eigenvalue weighted by Gasteiger charge is 2.35. The molecule has 1 saturated carbocycles. The second-order valence-electron chi connectivity index (χ2n) is 12.0. The van der Waals surface area contributed by atoms with Crippen molar-refractivity contribution in [3.63, 3.8) is 0 Å². The Morgan fingerprint density at radius 2 is 1.38 bits per heavy atom. The largest absolute Gasteiger partial charge is 0.352 e. The van der Waals surface area contributed by atoms with Gasteiger partial charge in [-0.2, -0.15) is 0 Å². The minimum absolute atomic E-state index is 0.0227. The minimum atomic E-state index is -4.19. The van der Waals surface area contributed by atoms with Crippen LogP contribution in [0.1, 0.15) is 48.8 Å². The van der Waals surface area contributed by atoms with Gasteiger partial charge in [-0.1, -0.05) is 103 Å². The van der Waals surface area contributed by atoms with Gasteiger partial charge in [0, 0.05) is 29.1 Å². The van der Waals surface area contributed by atoms with E-state index in [2.05, 4.69) is 5.32 Å². The summed E-state index contributed by atoms with van der Waals surface area (Å²) in [4.78, 5) is 30.3. The summed E-state index contributed by atoms with van der Waals surface area (Å²) in [7, 11) is -4.19. The Morgan fingerprint density at radius 3 is 2.00 bits per heavy atom. The Hall–Kier alpha value is -3.85. The van der Waals surface area contributed by atoms with Crippen molar-refractivity contribution in [3.8, 4) is 0 Å². The molecule has 1 aliphatic rings. The Bertz CT molecular complexity index is 1740. The van der Waals surface area contributed by atoms with Crippen LogP contribution >= 0.6 is 23.2 Å². The molecule has 1 N–H and O–H groups in total. The number of halogens is 2. The highest BCUT2D eigenvalue weighted by molar-refractivity contribution is 7.92. The van der Waals surface area contributed by atoms with E-state index in [0.717, 1.165) is 53.1 Å². The first-order valence-electron chi connectivity index (χ1n) is 15.8. The molecule has 1 aliphatic carbocycles. The normalized spacial score (nSPS) is 14.3. The maximum atomic E-state index is 14.6. The van der Waals surface area contributed by atoms with Crippen molar-refractivity contribution in [2.75, 3.05) is 10.8 Å². The highest BCUT2D eigenvalue weighted by Crippen LogP contribution is 2.27. The van der Waals surface area contributed by atoms with Crippen molar-refractivity contribution in [1.29, 1.82) is 0 Å². The van der Waals surface area contributed by atoms with Crippen molar-refractivity contribution >= 4 is 50.7 Å². The lowest BCUT2D eigenvalue weighted by Gasteiger charge is -2.35. The Labute approximate surface area is 287 Å². The van der Waals surface area contributed by atoms with E-state index in [9.17, 15) is 18.0 Å². The topological polar surface area (TPSA) is 86.8 Å². The van der Waals surface area contributed by atoms with Crippen LogP contribution in [0.5, 0.6) is 0 Å². The number of sulfonamides is 1. The first-order valence-corrected chi connectivity index (χ1v) is 18.0. The number of carbonyl (C=O) groups excluding carboxylic acids is 2. The lowest BCUT2D eigenvalue weighted by Crippen LogP contribution is -2.55. The van der Waals surface area contributed by atoms with Gasteiger partial charge in [-0.3, -0.25) is 13.9 Å². The fraction of sp³-hybridized carbons (Fsp3) is 0.297. The van der Waals surface area contributed by atoms with Crippen molar-refractivity contribution in [1.82, 2.24) is 10.2 Å². The van der Waals surface area contributed by atoms with E-state index in [1.807, 2.05) is 37.3 Å². The van der Waals surface area contributed by atoms with Crippen LogP contribution in [0.15, 0.2) is 108 Å². The van der Waals surface area contributed by atoms with Crippen LogP contribution in [-0.2, 0) is 32.6 Å². The number of rotatable bonds is 12. The molecule has 246 valence electrons. The van der Waals surface area contributed by atoms with E-state index in [4.69, 9.17) is 23.2 Å². The third kappa shape index (κ3) is 9.15. The number of anilines is 1. The van der Waals surface area contributed by atoms with Gasteiger partial charge in [0.1, 0.15) is 12.6 Å². The number of nitrogens with zero attached hydrogens (tertiary/aromatic N) is 2. The molecule has 4 aromatic rings. The second kappa shape index (κ2) is 15.8. The molecule has 7 nitrogen and oxygen atoms in total. The molecule has 0 bridgehead atoms. The van der Waals surface area contributed by atoms with E-state index in [1.165, 1.54) is 17.0 Å². The molecular weight excluding hydrogens is 653 g/mol. The summed E-state index contributed by atoms with van der Waals surface area (Å²) in [6.45, 7) is 1.41. The molecule has 5 rings (SSSR count). The van der Waals surface area contributed by atoms with Gasteiger partial charge in [0.2, 0.25) is 11.8 Å². The summed E-state index contributed by atoms with van der Waals surface area (Å²) in [5.74, 6) is -0.784. The van der Waals surface area contributed by atoms with Gasteiger partial charge in [-0.25, -0.2) is 8.42 Å². The lowest BCUT2D eigenvalue weighted by molar-refractivity contribution is -0.140. The first kappa shape index (κ1) is 34.5. The smallest absolute Gasteiger partial charge is 0.264 e. The molecule has 10 heteroatoms. The number of nitrogens with one attached hydrogen (secondary N) is 1. The summed E-state index contributed by atoms with van der Waals surface area (Å²) < 4.78 is 29.4. The summed E-state index contributed by atoms with van der Waals surface area (Å²) in [5.41, 5.74) is 2.82. The van der Waals surface area contributed by atoms with E-state index in [1.54, 1.807) is 60.7 Å². The van der Waals surface area contributed by atoms with Crippen LogP contribution in [0.25, 0.3) is 0 Å². The van der Waals surface area contributed by atoms with E-state index in [-0.39, 0.29) is 35.5 Å². The van der Waals surface area contributed by atoms with Gasteiger partial charge in [0.15, 0.2) is 0 Å². The number of hydrogen-bond acceptors (Lipinski definition) is 4. The average molecular weight is 693 g/mol. The van der Waals surface area contributed by atoms with Crippen molar-refractivity contribution in [3.05, 3.63) is 130 Å². The maximum absolute atomic E-state index is 14.6. The summed E-state index contributed by atoms with van der Waals surface area (Å²) >= 11 is 12.3. The Morgan fingerprint density at radius 1 is 0.787 bits per heavy atom. The number of hydrogen-bond donors (Lipinski definition) is 1. The predicted molar refractivity (Wildman–Crippen MR) is 188 cm³/mol. The molecule has 2 amide bonds. The molecule has 0 aromatic heterocycles. The van der Waals surface area contributed by atoms with E-state index < -0.39 is 28.5 Å². The van der Waals surface area contributed by atoms with Crippen LogP contribution in [0.2, 0.25) is 10.0 Å². The molecule has 1 fully saturated rings. The molecule has 0 spiro atoms. The molecule has 47 heavy (non-hydrogen) atoms. The standard InChI is InChI=1S/C37H39Cl2N3O4S/c1-27-12-22-34(23-13-27)47(45,46)42(33-20-18-31(39)19-21-33)26-36(43)41(25-29-14-16-30(38)17-15-29)35(24-28-8-4-2-5-9-28)37(44)40-32-10-6-3-7-11-32/h2,4-5,8-9,12-23,32,35H,3,6-7,10-11,24-26H2,1H3,(H,40,44)/t35-/m0/s1. The molecule has 0 saturated heterocycles. The Kier molecular flexibility index (Phi) is 11.6. The monoisotopic (exact) mass is 691 g/mol. The predicted octanol–water partition coefficient (Wildman–Crippen LogP) is 7.59. The van der Waals surface area contributed by atoms with Crippen LogP contribution in [-0.4, -0.2) is 43.8 Å². The van der Waals surface area contributed by atoms with E-state index in [0.29, 0.717) is 10.0 Å². The molecule has 0 heterocycles. The van der Waals surface area contributed by atoms with E-state index >= 15 is 0 Å². The first-order chi connectivity index (χ1) is 22.6. The van der Waals surface area contributed by atoms with Crippen molar-refractivity contribution < 1.29 is 18.0 Å². The second-order valence-corrected chi connectivity index (χ2v) is 14.7. The minimum Gasteiger partial charge on any atom is -0.352 e. The molecule has 0 aliphatic heterocycles. The van der Waals surface area contributed by atoms with Crippen LogP contribution < -0.4 is 9.62 Å². The summed E-state index contributed by atoms with van der Waals surface area (Å²) in [5, 5.41) is 4.19. The molecule has 1 atom stereocenters. The van der Waals surface area contributed by atoms with Crippen LogP contribution in [0, 0.1) is 6.92 Å². The van der Waals surface area contributed by atoms with Gasteiger partial charge in [0.05, 0.1) is 10.6 Å². The average Bonchev–Trinajstić information content (AvgIpc) is 3.07. The van der Waals surface area contributed by atoms with Crippen LogP contribution in [0.3, 0.4) is 0 Å². The number of aryl methyl sites for hydroxylation is 1. The van der Waals surface area contributed by atoms with Gasteiger partial charge < -0.3 is 10.2 Å². The SMILES string of the molecule is Cc1ccc(S(=O)(=O)N(CC(=O)N(Cc2ccc(Cl)cc2)[C@@H](Cc2ccccc2)C(=O)NC2CCCCC2)c2ccc(Cl)cc2)cc1. The highest BCUT2D eigenvalue weighted by atomic mass is 35.5. The van der Waals surface area contributed by atoms with Gasteiger partial charge in [-0.15, -0.1) is 0 Å². The van der Waals surface area contributed by atoms with Crippen molar-refractivity contribution in [2.45, 2.75) is 69.0 Å². The number of carbonyl (C=O) groups is 2. The van der Waals surface area contributed by atoms with Gasteiger partial charge in [-0.05, 0) is 79.4 Å². The molecule has 4 aromatic carbocycles. The Balaban J connectivity index is 1.55. The lowest BCUT2D eigenvalue weighted by atomic mass is 9.94. The molecule has 0 radical (unpaired) electrons. The summed E-state index contributed by atoms with van der Waals surface area (Å²) in [6, 6.07) is 28.5. The number of benzene rings is 4. The van der Waals surface area contributed by atoms with Gasteiger partial charge in [0.25, 0.3) is 10.0 Å². The van der Waals surface area contributed by atoms with Crippen molar-refractivity contribution in [2.24, 2.45) is 0 Å². The number of amides is 2. The third-order valence-corrected chi connectivity index (χ3v) is 10.8. The maximum Gasteiger partial charge on any atom is 0.264 e. The fourth-order valence-corrected chi connectivity index (χ4v) is 7.52. The molecular formula is C37H39Cl2N3O4S.